The molecular weight excluding hydrogens is 473 g/mol. The number of benzene rings is 3. The van der Waals surface area contributed by atoms with Crippen molar-refractivity contribution >= 4 is 12.1 Å². The molecule has 1 aliphatic rings. The van der Waals surface area contributed by atoms with Crippen LogP contribution >= 0.6 is 0 Å². The van der Waals surface area contributed by atoms with Gasteiger partial charge in [0.1, 0.15) is 12.6 Å². The Morgan fingerprint density at radius 1 is 0.829 bits per heavy atom. The highest BCUT2D eigenvalue weighted by Crippen LogP contribution is 2.44. The van der Waals surface area contributed by atoms with Crippen molar-refractivity contribution in [3.63, 3.8) is 0 Å². The predicted molar refractivity (Wildman–Crippen MR) is 114 cm³/mol. The summed E-state index contributed by atoms with van der Waals surface area (Å²) in [4.78, 5) is 23.9. The van der Waals surface area contributed by atoms with Gasteiger partial charge in [-0.2, -0.15) is 0 Å². The second-order valence-corrected chi connectivity index (χ2v) is 7.95. The van der Waals surface area contributed by atoms with E-state index in [4.69, 9.17) is 4.74 Å². The lowest BCUT2D eigenvalue weighted by atomic mass is 9.98. The Morgan fingerprint density at radius 2 is 1.31 bits per heavy atom. The van der Waals surface area contributed by atoms with Crippen molar-refractivity contribution in [1.29, 1.82) is 0 Å². The molecule has 0 bridgehead atoms. The molecule has 0 radical (unpaired) electrons. The van der Waals surface area contributed by atoms with Crippen LogP contribution in [0.2, 0.25) is 0 Å². The first-order valence-corrected chi connectivity index (χ1v) is 10.5. The zero-order valence-electron chi connectivity index (χ0n) is 18.0. The van der Waals surface area contributed by atoms with Crippen LogP contribution in [-0.4, -0.2) is 29.8 Å². The first kappa shape index (κ1) is 24.2. The topological polar surface area (TPSA) is 75.6 Å². The maximum Gasteiger partial charge on any atom is 0.407 e. The van der Waals surface area contributed by atoms with Crippen molar-refractivity contribution in [1.82, 2.24) is 5.32 Å². The van der Waals surface area contributed by atoms with Crippen LogP contribution in [0.4, 0.5) is 26.7 Å². The fraction of sp³-hybridized carbons (Fsp3) is 0.200. The van der Waals surface area contributed by atoms with Gasteiger partial charge in [0.15, 0.2) is 23.3 Å². The van der Waals surface area contributed by atoms with Crippen molar-refractivity contribution in [2.45, 2.75) is 24.8 Å². The SMILES string of the molecule is O=C(N[C@H](CCc1c(F)c(F)c(F)c(F)c1F)C(=O)O)OCC1c2ccccc2-c2ccccc21. The molecule has 0 heterocycles. The van der Waals surface area contributed by atoms with Gasteiger partial charge in [-0.3, -0.25) is 0 Å². The molecule has 0 fully saturated rings. The highest BCUT2D eigenvalue weighted by Gasteiger charge is 2.31. The van der Waals surface area contributed by atoms with E-state index in [-0.39, 0.29) is 12.5 Å². The molecule has 35 heavy (non-hydrogen) atoms. The Hall–Kier alpha value is -3.95. The van der Waals surface area contributed by atoms with Gasteiger partial charge in [-0.25, -0.2) is 31.5 Å². The van der Waals surface area contributed by atoms with E-state index in [1.54, 1.807) is 0 Å². The van der Waals surface area contributed by atoms with E-state index in [0.29, 0.717) is 0 Å². The summed E-state index contributed by atoms with van der Waals surface area (Å²) >= 11 is 0. The molecule has 0 spiro atoms. The smallest absolute Gasteiger partial charge is 0.407 e. The number of alkyl carbamates (subject to hydrolysis) is 1. The van der Waals surface area contributed by atoms with Crippen LogP contribution < -0.4 is 5.32 Å². The lowest BCUT2D eigenvalue weighted by Crippen LogP contribution is -2.41. The number of carboxylic acids is 1. The summed E-state index contributed by atoms with van der Waals surface area (Å²) in [5.74, 6) is -12.5. The lowest BCUT2D eigenvalue weighted by molar-refractivity contribution is -0.139. The second kappa shape index (κ2) is 9.73. The summed E-state index contributed by atoms with van der Waals surface area (Å²) in [6.45, 7) is -0.107. The summed E-state index contributed by atoms with van der Waals surface area (Å²) < 4.78 is 73.0. The van der Waals surface area contributed by atoms with Crippen molar-refractivity contribution in [3.05, 3.63) is 94.3 Å². The number of carboxylic acid groups (broad SMARTS) is 1. The normalized spacial score (nSPS) is 13.2. The number of nitrogens with one attached hydrogen (secondary N) is 1. The number of rotatable bonds is 7. The van der Waals surface area contributed by atoms with E-state index in [9.17, 15) is 36.6 Å². The summed E-state index contributed by atoms with van der Waals surface area (Å²) in [5, 5.41) is 11.4. The maximum atomic E-state index is 13.9. The van der Waals surface area contributed by atoms with Gasteiger partial charge in [-0.05, 0) is 35.1 Å². The molecule has 0 saturated heterocycles. The largest absolute Gasteiger partial charge is 0.480 e. The van der Waals surface area contributed by atoms with Crippen LogP contribution in [0.25, 0.3) is 11.1 Å². The Balaban J connectivity index is 1.43. The molecule has 1 amide bonds. The molecule has 5 nitrogen and oxygen atoms in total. The minimum atomic E-state index is -2.31. The number of aliphatic carboxylic acids is 1. The molecule has 10 heteroatoms. The van der Waals surface area contributed by atoms with E-state index < -0.39 is 65.6 Å². The van der Waals surface area contributed by atoms with Crippen molar-refractivity contribution < 1.29 is 41.4 Å². The van der Waals surface area contributed by atoms with E-state index in [0.717, 1.165) is 22.3 Å². The van der Waals surface area contributed by atoms with Gasteiger partial charge in [0.25, 0.3) is 0 Å². The second-order valence-electron chi connectivity index (χ2n) is 7.95. The summed E-state index contributed by atoms with van der Waals surface area (Å²) in [6, 6.07) is 13.4. The number of carbonyl (C=O) groups is 2. The third kappa shape index (κ3) is 4.55. The molecule has 0 aliphatic heterocycles. The quantitative estimate of drug-likeness (QED) is 0.267. The average molecular weight is 491 g/mol. The summed E-state index contributed by atoms with van der Waals surface area (Å²) in [5.41, 5.74) is 2.68. The van der Waals surface area contributed by atoms with Gasteiger partial charge in [-0.15, -0.1) is 0 Å². The molecule has 0 aromatic heterocycles. The molecule has 2 N–H and O–H groups in total. The van der Waals surface area contributed by atoms with E-state index >= 15 is 0 Å². The number of amides is 1. The van der Waals surface area contributed by atoms with Crippen LogP contribution in [0.1, 0.15) is 29.0 Å². The number of fused-ring (bicyclic) bond motifs is 3. The minimum Gasteiger partial charge on any atom is -0.480 e. The van der Waals surface area contributed by atoms with E-state index in [1.165, 1.54) is 0 Å². The van der Waals surface area contributed by atoms with E-state index in [1.807, 2.05) is 48.5 Å². The van der Waals surface area contributed by atoms with Crippen LogP contribution in [-0.2, 0) is 16.0 Å². The third-order valence-electron chi connectivity index (χ3n) is 5.92. The first-order valence-electron chi connectivity index (χ1n) is 10.5. The third-order valence-corrected chi connectivity index (χ3v) is 5.92. The van der Waals surface area contributed by atoms with Gasteiger partial charge < -0.3 is 15.2 Å². The van der Waals surface area contributed by atoms with Gasteiger partial charge >= 0.3 is 12.1 Å². The van der Waals surface area contributed by atoms with Gasteiger partial charge in [0, 0.05) is 11.5 Å². The van der Waals surface area contributed by atoms with Gasteiger partial charge in [0.2, 0.25) is 5.82 Å². The van der Waals surface area contributed by atoms with Gasteiger partial charge in [0.05, 0.1) is 0 Å². The molecule has 3 aromatic carbocycles. The van der Waals surface area contributed by atoms with Crippen LogP contribution in [0.15, 0.2) is 48.5 Å². The Kier molecular flexibility index (Phi) is 6.72. The Labute approximate surface area is 196 Å². The molecule has 182 valence electrons. The molecule has 0 unspecified atom stereocenters. The highest BCUT2D eigenvalue weighted by molar-refractivity contribution is 5.81. The number of carbonyl (C=O) groups excluding carboxylic acids is 1. The number of ether oxygens (including phenoxy) is 1. The minimum absolute atomic E-state index is 0.107. The fourth-order valence-corrected chi connectivity index (χ4v) is 4.20. The van der Waals surface area contributed by atoms with Crippen molar-refractivity contribution in [2.24, 2.45) is 0 Å². The summed E-state index contributed by atoms with van der Waals surface area (Å²) in [7, 11) is 0. The number of halogens is 5. The molecule has 4 rings (SSSR count). The van der Waals surface area contributed by atoms with Crippen molar-refractivity contribution in [3.8, 4) is 11.1 Å². The van der Waals surface area contributed by atoms with Crippen LogP contribution in [0, 0.1) is 29.1 Å². The molecule has 1 aliphatic carbocycles. The Morgan fingerprint density at radius 3 is 1.83 bits per heavy atom. The van der Waals surface area contributed by atoms with Crippen LogP contribution in [0.5, 0.6) is 0 Å². The standard InChI is InChI=1S/C25H18F5NO4/c26-19-16(20(27)22(29)23(30)21(19)28)9-10-18(24(32)33)31-25(34)35-11-17-14-7-3-1-5-12(14)13-6-2-4-8-15(13)17/h1-8,17-18H,9-11H2,(H,31,34)(H,32,33)/t18-/m1/s1. The van der Waals surface area contributed by atoms with Crippen molar-refractivity contribution in [2.75, 3.05) is 6.61 Å². The fourth-order valence-electron chi connectivity index (χ4n) is 4.20. The van der Waals surface area contributed by atoms with Gasteiger partial charge in [-0.1, -0.05) is 48.5 Å². The number of hydrogen-bond donors (Lipinski definition) is 2. The molecular formula is C25H18F5NO4. The predicted octanol–water partition coefficient (Wildman–Crippen LogP) is 5.31. The lowest BCUT2D eigenvalue weighted by Gasteiger charge is -2.18. The average Bonchev–Trinajstić information content (AvgIpc) is 3.18. The Bertz CT molecular complexity index is 1240. The van der Waals surface area contributed by atoms with Crippen LogP contribution in [0.3, 0.4) is 0 Å². The summed E-state index contributed by atoms with van der Waals surface area (Å²) in [6.07, 6.45) is -2.57. The monoisotopic (exact) mass is 491 g/mol. The highest BCUT2D eigenvalue weighted by atomic mass is 19.2. The maximum absolute atomic E-state index is 13.9. The van der Waals surface area contributed by atoms with E-state index in [2.05, 4.69) is 5.32 Å². The molecule has 3 aromatic rings. The number of hydrogen-bond acceptors (Lipinski definition) is 3. The molecule has 0 saturated carbocycles. The molecule has 1 atom stereocenters. The zero-order chi connectivity index (χ0) is 25.3. The zero-order valence-corrected chi connectivity index (χ0v) is 18.0. The first-order chi connectivity index (χ1) is 16.7.